The van der Waals surface area contributed by atoms with Crippen LogP contribution in [0.5, 0.6) is 0 Å². The molecule has 1 aliphatic heterocycles. The van der Waals surface area contributed by atoms with Crippen LogP contribution in [-0.2, 0) is 11.3 Å². The molecular weight excluding hydrogens is 318 g/mol. The first-order valence-corrected chi connectivity index (χ1v) is 10.4. The molecule has 1 aromatic rings. The van der Waals surface area contributed by atoms with E-state index in [-0.39, 0.29) is 5.91 Å². The molecule has 0 spiro atoms. The van der Waals surface area contributed by atoms with Gasteiger partial charge < -0.3 is 10.0 Å². The van der Waals surface area contributed by atoms with E-state index in [2.05, 4.69) is 12.1 Å². The molecule has 0 atom stereocenters. The van der Waals surface area contributed by atoms with Crippen molar-refractivity contribution in [1.82, 2.24) is 4.90 Å². The molecule has 2 fully saturated rings. The Hall–Kier alpha value is -1.00. The first kappa shape index (κ1) is 17.8. The van der Waals surface area contributed by atoms with Crippen molar-refractivity contribution in [3.05, 3.63) is 35.9 Å². The fourth-order valence-electron chi connectivity index (χ4n) is 3.91. The van der Waals surface area contributed by atoms with Crippen LogP contribution in [0.3, 0.4) is 0 Å². The predicted molar refractivity (Wildman–Crippen MR) is 99.9 cm³/mol. The van der Waals surface area contributed by atoms with Gasteiger partial charge >= 0.3 is 0 Å². The molecule has 1 saturated carbocycles. The van der Waals surface area contributed by atoms with Gasteiger partial charge in [-0.05, 0) is 48.7 Å². The zero-order valence-electron chi connectivity index (χ0n) is 14.5. The molecule has 3 nitrogen and oxygen atoms in total. The number of benzene rings is 1. The molecule has 0 bridgehead atoms. The Kier molecular flexibility index (Phi) is 6.23. The molecule has 24 heavy (non-hydrogen) atoms. The monoisotopic (exact) mass is 347 g/mol. The summed E-state index contributed by atoms with van der Waals surface area (Å²) in [6.07, 6.45) is 6.74. The summed E-state index contributed by atoms with van der Waals surface area (Å²) in [6.45, 7) is 1.10. The largest absolute Gasteiger partial charge is 0.388 e. The van der Waals surface area contributed by atoms with Gasteiger partial charge in [-0.3, -0.25) is 4.79 Å². The lowest BCUT2D eigenvalue weighted by molar-refractivity contribution is -0.136. The van der Waals surface area contributed by atoms with E-state index in [1.807, 2.05) is 34.9 Å². The van der Waals surface area contributed by atoms with Crippen molar-refractivity contribution < 1.29 is 9.90 Å². The number of amides is 1. The van der Waals surface area contributed by atoms with Gasteiger partial charge in [0.05, 0.1) is 5.60 Å². The van der Waals surface area contributed by atoms with Gasteiger partial charge in [-0.1, -0.05) is 43.2 Å². The minimum Gasteiger partial charge on any atom is -0.388 e. The van der Waals surface area contributed by atoms with Crippen LogP contribution in [0.15, 0.2) is 30.3 Å². The van der Waals surface area contributed by atoms with Crippen LogP contribution >= 0.6 is 11.8 Å². The summed E-state index contributed by atoms with van der Waals surface area (Å²) >= 11 is 2.00. The Morgan fingerprint density at radius 2 is 1.83 bits per heavy atom. The maximum atomic E-state index is 13.0. The fourth-order valence-corrected chi connectivity index (χ4v) is 5.11. The summed E-state index contributed by atoms with van der Waals surface area (Å²) in [6, 6.07) is 10.2. The Bertz CT molecular complexity index is 522. The van der Waals surface area contributed by atoms with Gasteiger partial charge in [-0.25, -0.2) is 0 Å². The maximum Gasteiger partial charge on any atom is 0.223 e. The van der Waals surface area contributed by atoms with Gasteiger partial charge in [-0.15, -0.1) is 0 Å². The molecule has 4 heteroatoms. The number of hydrogen-bond donors (Lipinski definition) is 1. The summed E-state index contributed by atoms with van der Waals surface area (Å²) in [4.78, 5) is 14.9. The van der Waals surface area contributed by atoms with Gasteiger partial charge in [0, 0.05) is 19.5 Å². The quantitative estimate of drug-likeness (QED) is 0.850. The molecule has 0 aromatic heterocycles. The second kappa shape index (κ2) is 8.39. The topological polar surface area (TPSA) is 40.5 Å². The lowest BCUT2D eigenvalue weighted by atomic mass is 9.96. The molecule has 0 unspecified atom stereocenters. The van der Waals surface area contributed by atoms with Crippen LogP contribution in [0.2, 0.25) is 0 Å². The number of aliphatic hydroxyl groups is 1. The number of carbonyl (C=O) groups is 1. The molecule has 1 saturated heterocycles. The second-order valence-electron chi connectivity index (χ2n) is 7.43. The van der Waals surface area contributed by atoms with E-state index in [1.54, 1.807) is 0 Å². The average molecular weight is 348 g/mol. The molecule has 1 amide bonds. The van der Waals surface area contributed by atoms with Crippen molar-refractivity contribution in [3.63, 3.8) is 0 Å². The first-order valence-electron chi connectivity index (χ1n) is 9.26. The van der Waals surface area contributed by atoms with E-state index in [9.17, 15) is 9.90 Å². The number of rotatable bonds is 6. The number of carbonyl (C=O) groups excluding carboxylic acids is 1. The van der Waals surface area contributed by atoms with Crippen LogP contribution < -0.4 is 0 Å². The van der Waals surface area contributed by atoms with Crippen LogP contribution in [0.1, 0.15) is 50.5 Å². The summed E-state index contributed by atoms with van der Waals surface area (Å²) < 4.78 is 0. The Morgan fingerprint density at radius 1 is 1.17 bits per heavy atom. The normalized spacial score (nSPS) is 20.9. The summed E-state index contributed by atoms with van der Waals surface area (Å²) in [5.74, 6) is 3.10. The van der Waals surface area contributed by atoms with Crippen LogP contribution in [-0.4, -0.2) is 39.6 Å². The molecule has 1 N–H and O–H groups in total. The molecule has 132 valence electrons. The van der Waals surface area contributed by atoms with Crippen molar-refractivity contribution in [3.8, 4) is 0 Å². The fraction of sp³-hybridized carbons (Fsp3) is 0.650. The second-order valence-corrected chi connectivity index (χ2v) is 8.65. The first-order chi connectivity index (χ1) is 11.6. The van der Waals surface area contributed by atoms with Crippen molar-refractivity contribution in [2.75, 3.05) is 18.1 Å². The number of hydrogen-bond acceptors (Lipinski definition) is 3. The van der Waals surface area contributed by atoms with Crippen molar-refractivity contribution in [2.24, 2.45) is 5.92 Å². The van der Waals surface area contributed by atoms with E-state index in [4.69, 9.17) is 0 Å². The zero-order valence-corrected chi connectivity index (χ0v) is 15.3. The Labute approximate surface area is 149 Å². The van der Waals surface area contributed by atoms with Crippen molar-refractivity contribution in [1.29, 1.82) is 0 Å². The zero-order chi connectivity index (χ0) is 16.8. The van der Waals surface area contributed by atoms with Gasteiger partial charge in [0.15, 0.2) is 0 Å². The highest BCUT2D eigenvalue weighted by molar-refractivity contribution is 7.99. The van der Waals surface area contributed by atoms with Crippen LogP contribution in [0.4, 0.5) is 0 Å². The Balaban J connectivity index is 1.66. The minimum absolute atomic E-state index is 0.219. The summed E-state index contributed by atoms with van der Waals surface area (Å²) in [7, 11) is 0. The lowest BCUT2D eigenvalue weighted by Gasteiger charge is -2.33. The minimum atomic E-state index is -0.674. The molecule has 1 aliphatic carbocycles. The number of nitrogens with zero attached hydrogens (tertiary/aromatic N) is 1. The van der Waals surface area contributed by atoms with Crippen molar-refractivity contribution >= 4 is 17.7 Å². The van der Waals surface area contributed by atoms with Gasteiger partial charge in [0.2, 0.25) is 5.91 Å². The third-order valence-electron chi connectivity index (χ3n) is 5.39. The van der Waals surface area contributed by atoms with Crippen LogP contribution in [0, 0.1) is 5.92 Å². The molecule has 3 rings (SSSR count). The lowest BCUT2D eigenvalue weighted by Crippen LogP contribution is -2.44. The summed E-state index contributed by atoms with van der Waals surface area (Å²) in [5, 5.41) is 10.8. The molecule has 0 radical (unpaired) electrons. The third kappa shape index (κ3) is 5.00. The molecular formula is C20H29NO2S. The third-order valence-corrected chi connectivity index (χ3v) is 6.44. The SMILES string of the molecule is O=C(CC1CCSCC1)N(Cc1ccccc1)CC1(O)CCCC1. The number of thioether (sulfide) groups is 1. The van der Waals surface area contributed by atoms with E-state index >= 15 is 0 Å². The highest BCUT2D eigenvalue weighted by Gasteiger charge is 2.35. The van der Waals surface area contributed by atoms with E-state index in [1.165, 1.54) is 11.5 Å². The predicted octanol–water partition coefficient (Wildman–Crippen LogP) is 3.85. The van der Waals surface area contributed by atoms with Crippen molar-refractivity contribution in [2.45, 2.75) is 57.1 Å². The highest BCUT2D eigenvalue weighted by atomic mass is 32.2. The van der Waals surface area contributed by atoms with E-state index in [0.717, 1.165) is 44.1 Å². The maximum absolute atomic E-state index is 13.0. The Morgan fingerprint density at radius 3 is 2.50 bits per heavy atom. The standard InChI is InChI=1S/C20H29NO2S/c22-19(14-17-8-12-24-13-9-17)21(15-18-6-2-1-3-7-18)16-20(23)10-4-5-11-20/h1-3,6-7,17,23H,4-5,8-16H2. The molecule has 1 aromatic carbocycles. The molecule has 1 heterocycles. The van der Waals surface area contributed by atoms with Crippen LogP contribution in [0.25, 0.3) is 0 Å². The van der Waals surface area contributed by atoms with Gasteiger partial charge in [0.1, 0.15) is 0 Å². The molecule has 2 aliphatic rings. The summed E-state index contributed by atoms with van der Waals surface area (Å²) in [5.41, 5.74) is 0.471. The average Bonchev–Trinajstić information content (AvgIpc) is 3.02. The van der Waals surface area contributed by atoms with E-state index < -0.39 is 5.60 Å². The van der Waals surface area contributed by atoms with E-state index in [0.29, 0.717) is 25.4 Å². The van der Waals surface area contributed by atoms with Gasteiger partial charge in [0.25, 0.3) is 0 Å². The van der Waals surface area contributed by atoms with Gasteiger partial charge in [-0.2, -0.15) is 11.8 Å². The highest BCUT2D eigenvalue weighted by Crippen LogP contribution is 2.32. The smallest absolute Gasteiger partial charge is 0.223 e.